The number of rotatable bonds is 2. The summed E-state index contributed by atoms with van der Waals surface area (Å²) in [4.78, 5) is 0. The fourth-order valence-electron chi connectivity index (χ4n) is 0.612. The van der Waals surface area contributed by atoms with Gasteiger partial charge >= 0.3 is 0 Å². The smallest absolute Gasteiger partial charge is 0.131 e. The molecule has 0 fully saturated rings. The quantitative estimate of drug-likeness (QED) is 0.836. The molecule has 0 aliphatic heterocycles. The van der Waals surface area contributed by atoms with Gasteiger partial charge in [0.2, 0.25) is 0 Å². The summed E-state index contributed by atoms with van der Waals surface area (Å²) < 4.78 is 6.12. The van der Waals surface area contributed by atoms with Crippen molar-refractivity contribution < 1.29 is 4.42 Å². The highest BCUT2D eigenvalue weighted by molar-refractivity contribution is 9.10. The van der Waals surface area contributed by atoms with Crippen LogP contribution in [-0.4, -0.2) is 7.05 Å². The minimum atomic E-state index is 0. The molecule has 0 aliphatic carbocycles. The van der Waals surface area contributed by atoms with Gasteiger partial charge in [-0.3, -0.25) is 0 Å². The number of hydrogen-bond donors (Lipinski definition) is 1. The fourth-order valence-corrected chi connectivity index (χ4v) is 0.953. The lowest BCUT2D eigenvalue weighted by Gasteiger charge is -1.92. The maximum Gasteiger partial charge on any atom is 0.131 e. The lowest BCUT2D eigenvalue weighted by molar-refractivity contribution is 0.493. The van der Waals surface area contributed by atoms with Crippen LogP contribution in [0.1, 0.15) is 5.76 Å². The second kappa shape index (κ2) is 4.77. The van der Waals surface area contributed by atoms with E-state index in [4.69, 9.17) is 4.42 Å². The van der Waals surface area contributed by atoms with Gasteiger partial charge in [0.25, 0.3) is 0 Å². The van der Waals surface area contributed by atoms with E-state index in [0.29, 0.717) is 0 Å². The molecule has 0 spiro atoms. The van der Waals surface area contributed by atoms with E-state index in [0.717, 1.165) is 16.8 Å². The van der Waals surface area contributed by atoms with Crippen molar-refractivity contribution in [1.29, 1.82) is 0 Å². The Morgan fingerprint density at radius 2 is 2.40 bits per heavy atom. The van der Waals surface area contributed by atoms with Gasteiger partial charge in [-0.25, -0.2) is 0 Å². The molecule has 0 saturated heterocycles. The largest absolute Gasteiger partial charge is 0.467 e. The van der Waals surface area contributed by atoms with Crippen molar-refractivity contribution in [3.8, 4) is 0 Å². The highest BCUT2D eigenvalue weighted by Crippen LogP contribution is 2.16. The number of hydrogen-bond acceptors (Lipinski definition) is 2. The zero-order valence-electron chi connectivity index (χ0n) is 5.56. The first-order valence-corrected chi connectivity index (χ1v) is 3.50. The molecule has 0 amide bonds. The van der Waals surface area contributed by atoms with Crippen molar-refractivity contribution in [2.45, 2.75) is 6.54 Å². The van der Waals surface area contributed by atoms with Crippen LogP contribution in [0.2, 0.25) is 0 Å². The molecule has 4 heteroatoms. The Balaban J connectivity index is 0.000000810. The topological polar surface area (TPSA) is 25.2 Å². The lowest BCUT2D eigenvalue weighted by atomic mass is 10.4. The molecular weight excluding hydrogens is 217 g/mol. The second-order valence-electron chi connectivity index (χ2n) is 1.72. The Labute approximate surface area is 74.5 Å². The van der Waals surface area contributed by atoms with Crippen LogP contribution in [-0.2, 0) is 6.54 Å². The van der Waals surface area contributed by atoms with Gasteiger partial charge < -0.3 is 9.73 Å². The zero-order valence-corrected chi connectivity index (χ0v) is 7.96. The van der Waals surface area contributed by atoms with Crippen LogP contribution in [0.15, 0.2) is 21.2 Å². The molecule has 1 aromatic heterocycles. The van der Waals surface area contributed by atoms with Crippen molar-refractivity contribution in [2.75, 3.05) is 7.05 Å². The summed E-state index contributed by atoms with van der Waals surface area (Å²) in [5, 5.41) is 2.99. The van der Waals surface area contributed by atoms with E-state index >= 15 is 0 Å². The summed E-state index contributed by atoms with van der Waals surface area (Å²) in [6.45, 7) is 0.771. The highest BCUT2D eigenvalue weighted by Gasteiger charge is 1.98. The Morgan fingerprint density at radius 1 is 1.70 bits per heavy atom. The zero-order chi connectivity index (χ0) is 6.69. The van der Waals surface area contributed by atoms with Crippen LogP contribution in [0.25, 0.3) is 0 Å². The van der Waals surface area contributed by atoms with Crippen molar-refractivity contribution in [2.24, 2.45) is 0 Å². The normalized spacial score (nSPS) is 9.00. The second-order valence-corrected chi connectivity index (χ2v) is 2.58. The van der Waals surface area contributed by atoms with E-state index in [1.54, 1.807) is 6.26 Å². The highest BCUT2D eigenvalue weighted by atomic mass is 79.9. The molecule has 0 unspecified atom stereocenters. The van der Waals surface area contributed by atoms with Crippen molar-refractivity contribution in [3.63, 3.8) is 0 Å². The first-order chi connectivity index (χ1) is 4.34. The molecule has 0 aliphatic rings. The molecule has 0 aromatic carbocycles. The number of nitrogens with one attached hydrogen (secondary N) is 1. The van der Waals surface area contributed by atoms with Crippen LogP contribution < -0.4 is 5.32 Å². The average molecular weight is 227 g/mol. The van der Waals surface area contributed by atoms with E-state index < -0.39 is 0 Å². The molecule has 10 heavy (non-hydrogen) atoms. The molecule has 1 rings (SSSR count). The molecule has 0 saturated carbocycles. The molecule has 58 valence electrons. The van der Waals surface area contributed by atoms with E-state index in [1.165, 1.54) is 0 Å². The summed E-state index contributed by atoms with van der Waals surface area (Å²) in [6, 6.07) is 1.88. The molecule has 0 bridgehead atoms. The van der Waals surface area contributed by atoms with Crippen molar-refractivity contribution in [3.05, 3.63) is 22.6 Å². The van der Waals surface area contributed by atoms with Crippen LogP contribution in [0, 0.1) is 0 Å². The molecule has 1 aromatic rings. The van der Waals surface area contributed by atoms with E-state index in [1.807, 2.05) is 13.1 Å². The Kier molecular flexibility index (Phi) is 4.77. The SMILES string of the molecule is CNCc1occc1Br.Cl. The van der Waals surface area contributed by atoms with Gasteiger partial charge in [0.05, 0.1) is 17.3 Å². The van der Waals surface area contributed by atoms with Gasteiger partial charge in [-0.2, -0.15) is 0 Å². The predicted molar refractivity (Wildman–Crippen MR) is 46.4 cm³/mol. The molecular formula is C6H9BrClNO. The number of halogens is 2. The summed E-state index contributed by atoms with van der Waals surface area (Å²) >= 11 is 3.33. The molecule has 0 radical (unpaired) electrons. The standard InChI is InChI=1S/C6H8BrNO.ClH/c1-8-4-6-5(7)2-3-9-6;/h2-3,8H,4H2,1H3;1H. The summed E-state index contributed by atoms with van der Waals surface area (Å²) in [5.74, 6) is 0.942. The van der Waals surface area contributed by atoms with E-state index in [-0.39, 0.29) is 12.4 Å². The minimum absolute atomic E-state index is 0. The molecule has 2 nitrogen and oxygen atoms in total. The minimum Gasteiger partial charge on any atom is -0.467 e. The number of furan rings is 1. The Morgan fingerprint density at radius 3 is 2.80 bits per heavy atom. The summed E-state index contributed by atoms with van der Waals surface area (Å²) in [5.41, 5.74) is 0. The Hall–Kier alpha value is 0.01000. The maximum atomic E-state index is 5.10. The third-order valence-corrected chi connectivity index (χ3v) is 1.73. The third kappa shape index (κ3) is 2.33. The van der Waals surface area contributed by atoms with E-state index in [9.17, 15) is 0 Å². The lowest BCUT2D eigenvalue weighted by Crippen LogP contribution is -2.03. The van der Waals surface area contributed by atoms with Gasteiger partial charge in [-0.1, -0.05) is 0 Å². The monoisotopic (exact) mass is 225 g/mol. The van der Waals surface area contributed by atoms with Crippen molar-refractivity contribution in [1.82, 2.24) is 5.32 Å². The first kappa shape index (κ1) is 10.0. The van der Waals surface area contributed by atoms with Gasteiger partial charge in [0.1, 0.15) is 5.76 Å². The predicted octanol–water partition coefficient (Wildman–Crippen LogP) is 2.18. The van der Waals surface area contributed by atoms with Crippen LogP contribution in [0.3, 0.4) is 0 Å². The summed E-state index contributed by atoms with van der Waals surface area (Å²) in [6.07, 6.45) is 1.66. The van der Waals surface area contributed by atoms with E-state index in [2.05, 4.69) is 21.2 Å². The summed E-state index contributed by atoms with van der Waals surface area (Å²) in [7, 11) is 1.88. The first-order valence-electron chi connectivity index (χ1n) is 2.71. The maximum absolute atomic E-state index is 5.10. The molecule has 1 N–H and O–H groups in total. The average Bonchev–Trinajstić information content (AvgIpc) is 2.18. The van der Waals surface area contributed by atoms with Gasteiger partial charge in [0, 0.05) is 0 Å². The van der Waals surface area contributed by atoms with Crippen LogP contribution in [0.5, 0.6) is 0 Å². The fraction of sp³-hybridized carbons (Fsp3) is 0.333. The van der Waals surface area contributed by atoms with Gasteiger partial charge in [0.15, 0.2) is 0 Å². The van der Waals surface area contributed by atoms with Gasteiger partial charge in [-0.15, -0.1) is 12.4 Å². The van der Waals surface area contributed by atoms with Crippen molar-refractivity contribution >= 4 is 28.3 Å². The van der Waals surface area contributed by atoms with Crippen LogP contribution >= 0.6 is 28.3 Å². The molecule has 0 atom stereocenters. The van der Waals surface area contributed by atoms with Gasteiger partial charge in [-0.05, 0) is 29.0 Å². The molecule has 1 heterocycles. The van der Waals surface area contributed by atoms with Crippen LogP contribution in [0.4, 0.5) is 0 Å². The Bertz CT molecular complexity index is 190. The third-order valence-electron chi connectivity index (χ3n) is 1.03.